The summed E-state index contributed by atoms with van der Waals surface area (Å²) in [5.74, 6) is -0.335. The molecule has 2 bridgehead atoms. The number of nitrogens with one attached hydrogen (secondary N) is 1. The van der Waals surface area contributed by atoms with E-state index in [0.29, 0.717) is 18.1 Å². The minimum Gasteiger partial charge on any atom is -0.311 e. The smallest absolute Gasteiger partial charge is 0.141 e. The van der Waals surface area contributed by atoms with Gasteiger partial charge in [0, 0.05) is 24.7 Å². The maximum absolute atomic E-state index is 13.2. The van der Waals surface area contributed by atoms with Gasteiger partial charge in [-0.05, 0) is 49.9 Å². The lowest BCUT2D eigenvalue weighted by Gasteiger charge is -2.37. The van der Waals surface area contributed by atoms with E-state index < -0.39 is 0 Å². The van der Waals surface area contributed by atoms with Gasteiger partial charge in [-0.2, -0.15) is 0 Å². The van der Waals surface area contributed by atoms with Crippen molar-refractivity contribution in [1.82, 2.24) is 10.2 Å². The molecule has 2 fully saturated rings. The number of nitrogens with zero attached hydrogens (tertiary/aromatic N) is 1. The van der Waals surface area contributed by atoms with Gasteiger partial charge >= 0.3 is 0 Å². The summed E-state index contributed by atoms with van der Waals surface area (Å²) in [6.45, 7) is 4.09. The molecule has 1 aromatic rings. The average molecular weight is 297 g/mol. The lowest BCUT2D eigenvalue weighted by atomic mass is 9.97. The Labute approximate surface area is 125 Å². The van der Waals surface area contributed by atoms with E-state index in [0.717, 1.165) is 18.7 Å². The van der Waals surface area contributed by atoms with Gasteiger partial charge in [-0.1, -0.05) is 24.6 Å². The molecule has 0 aliphatic carbocycles. The van der Waals surface area contributed by atoms with E-state index in [9.17, 15) is 4.39 Å². The Bertz CT molecular complexity index is 468. The summed E-state index contributed by atoms with van der Waals surface area (Å²) in [5, 5.41) is 3.91. The third kappa shape index (κ3) is 3.00. The Kier molecular flexibility index (Phi) is 4.29. The molecule has 0 amide bonds. The number of benzene rings is 1. The van der Waals surface area contributed by atoms with Crippen LogP contribution in [0.25, 0.3) is 0 Å². The van der Waals surface area contributed by atoms with Crippen LogP contribution in [0.15, 0.2) is 18.2 Å². The van der Waals surface area contributed by atoms with Crippen LogP contribution >= 0.6 is 11.6 Å². The first kappa shape index (κ1) is 14.3. The minimum absolute atomic E-state index is 0.226. The maximum atomic E-state index is 13.2. The van der Waals surface area contributed by atoms with Crippen LogP contribution < -0.4 is 5.32 Å². The molecule has 0 aromatic heterocycles. The highest BCUT2D eigenvalue weighted by atomic mass is 35.5. The highest BCUT2D eigenvalue weighted by Gasteiger charge is 2.35. The standard InChI is InChI=1S/C16H22ClFN2/c1-2-20(10-11-3-6-16(18)15(17)7-11)14-8-12-4-5-13(9-14)19-12/h3,6-7,12-14,19H,2,4-5,8-10H2,1H3. The van der Waals surface area contributed by atoms with Crippen molar-refractivity contribution in [3.8, 4) is 0 Å². The van der Waals surface area contributed by atoms with E-state index in [-0.39, 0.29) is 10.8 Å². The van der Waals surface area contributed by atoms with Gasteiger partial charge in [-0.25, -0.2) is 4.39 Å². The predicted octanol–water partition coefficient (Wildman–Crippen LogP) is 3.58. The van der Waals surface area contributed by atoms with Crippen molar-refractivity contribution < 1.29 is 4.39 Å². The van der Waals surface area contributed by atoms with E-state index >= 15 is 0 Å². The molecule has 4 heteroatoms. The van der Waals surface area contributed by atoms with E-state index in [1.54, 1.807) is 6.07 Å². The Morgan fingerprint density at radius 3 is 2.60 bits per heavy atom. The Balaban J connectivity index is 1.68. The zero-order chi connectivity index (χ0) is 14.1. The summed E-state index contributed by atoms with van der Waals surface area (Å²) in [7, 11) is 0. The van der Waals surface area contributed by atoms with Gasteiger partial charge in [0.2, 0.25) is 0 Å². The number of hydrogen-bond donors (Lipinski definition) is 1. The van der Waals surface area contributed by atoms with E-state index in [1.165, 1.54) is 31.7 Å². The molecule has 110 valence electrons. The normalized spacial score (nSPS) is 29.1. The summed E-state index contributed by atoms with van der Waals surface area (Å²) in [5.41, 5.74) is 1.10. The van der Waals surface area contributed by atoms with Crippen molar-refractivity contribution >= 4 is 11.6 Å². The quantitative estimate of drug-likeness (QED) is 0.913. The zero-order valence-corrected chi connectivity index (χ0v) is 12.7. The summed E-state index contributed by atoms with van der Waals surface area (Å²) in [6, 6.07) is 7.11. The highest BCUT2D eigenvalue weighted by molar-refractivity contribution is 6.30. The van der Waals surface area contributed by atoms with Crippen molar-refractivity contribution in [2.75, 3.05) is 6.54 Å². The third-order valence-corrected chi connectivity index (χ3v) is 5.03. The summed E-state index contributed by atoms with van der Waals surface area (Å²) in [6.07, 6.45) is 5.11. The van der Waals surface area contributed by atoms with Crippen LogP contribution in [-0.4, -0.2) is 29.6 Å². The molecule has 2 unspecified atom stereocenters. The van der Waals surface area contributed by atoms with Crippen molar-refractivity contribution in [3.63, 3.8) is 0 Å². The molecule has 1 aromatic carbocycles. The van der Waals surface area contributed by atoms with Crippen molar-refractivity contribution in [2.24, 2.45) is 0 Å². The number of hydrogen-bond acceptors (Lipinski definition) is 2. The molecule has 2 heterocycles. The summed E-state index contributed by atoms with van der Waals surface area (Å²) >= 11 is 5.88. The first-order chi connectivity index (χ1) is 9.65. The number of fused-ring (bicyclic) bond motifs is 2. The molecule has 2 aliphatic rings. The van der Waals surface area contributed by atoms with Crippen LogP contribution in [-0.2, 0) is 6.54 Å². The first-order valence-corrected chi connectivity index (χ1v) is 7.97. The van der Waals surface area contributed by atoms with Gasteiger partial charge < -0.3 is 5.32 Å². The molecule has 2 atom stereocenters. The van der Waals surface area contributed by atoms with Crippen LogP contribution in [0, 0.1) is 5.82 Å². The molecule has 3 rings (SSSR count). The largest absolute Gasteiger partial charge is 0.311 e. The number of halogens is 2. The van der Waals surface area contributed by atoms with Crippen LogP contribution in [0.2, 0.25) is 5.02 Å². The fourth-order valence-corrected chi connectivity index (χ4v) is 3.90. The average Bonchev–Trinajstić information content (AvgIpc) is 2.78. The van der Waals surface area contributed by atoms with Crippen molar-refractivity contribution in [1.29, 1.82) is 0 Å². The molecule has 20 heavy (non-hydrogen) atoms. The highest BCUT2D eigenvalue weighted by Crippen LogP contribution is 2.30. The third-order valence-electron chi connectivity index (χ3n) is 4.74. The van der Waals surface area contributed by atoms with Crippen LogP contribution in [0.5, 0.6) is 0 Å². The fraction of sp³-hybridized carbons (Fsp3) is 0.625. The molecule has 0 radical (unpaired) electrons. The van der Waals surface area contributed by atoms with Gasteiger partial charge in [0.05, 0.1) is 5.02 Å². The van der Waals surface area contributed by atoms with Gasteiger partial charge in [-0.15, -0.1) is 0 Å². The summed E-state index contributed by atoms with van der Waals surface area (Å²) in [4.78, 5) is 2.51. The molecule has 2 aliphatic heterocycles. The SMILES string of the molecule is CCN(Cc1ccc(F)c(Cl)c1)C1CC2CCC(C1)N2. The number of piperidine rings is 1. The van der Waals surface area contributed by atoms with Crippen LogP contribution in [0.4, 0.5) is 4.39 Å². The molecule has 1 N–H and O–H groups in total. The maximum Gasteiger partial charge on any atom is 0.141 e. The molecule has 2 saturated heterocycles. The Morgan fingerprint density at radius 2 is 2.00 bits per heavy atom. The van der Waals surface area contributed by atoms with Gasteiger partial charge in [-0.3, -0.25) is 4.90 Å². The first-order valence-electron chi connectivity index (χ1n) is 7.59. The second-order valence-electron chi connectivity index (χ2n) is 6.07. The van der Waals surface area contributed by atoms with E-state index in [2.05, 4.69) is 17.1 Å². The van der Waals surface area contributed by atoms with Crippen LogP contribution in [0.1, 0.15) is 38.2 Å². The second kappa shape index (κ2) is 6.00. The van der Waals surface area contributed by atoms with Gasteiger partial charge in [0.25, 0.3) is 0 Å². The lowest BCUT2D eigenvalue weighted by molar-refractivity contribution is 0.140. The topological polar surface area (TPSA) is 15.3 Å². The molecule has 0 saturated carbocycles. The second-order valence-corrected chi connectivity index (χ2v) is 6.48. The van der Waals surface area contributed by atoms with E-state index in [1.807, 2.05) is 6.07 Å². The van der Waals surface area contributed by atoms with E-state index in [4.69, 9.17) is 11.6 Å². The van der Waals surface area contributed by atoms with Crippen LogP contribution in [0.3, 0.4) is 0 Å². The number of rotatable bonds is 4. The molecule has 0 spiro atoms. The Morgan fingerprint density at radius 1 is 1.30 bits per heavy atom. The van der Waals surface area contributed by atoms with Gasteiger partial charge in [0.1, 0.15) is 5.82 Å². The monoisotopic (exact) mass is 296 g/mol. The van der Waals surface area contributed by atoms with Gasteiger partial charge in [0.15, 0.2) is 0 Å². The molecular formula is C16H22ClFN2. The molecule has 2 nitrogen and oxygen atoms in total. The predicted molar refractivity (Wildman–Crippen MR) is 80.5 cm³/mol. The van der Waals surface area contributed by atoms with Crippen molar-refractivity contribution in [2.45, 2.75) is 57.3 Å². The minimum atomic E-state index is -0.335. The Hall–Kier alpha value is -0.640. The molecular weight excluding hydrogens is 275 g/mol. The summed E-state index contributed by atoms with van der Waals surface area (Å²) < 4.78 is 13.2. The van der Waals surface area contributed by atoms with Crippen molar-refractivity contribution in [3.05, 3.63) is 34.6 Å². The lowest BCUT2D eigenvalue weighted by Crippen LogP contribution is -2.47. The zero-order valence-electron chi connectivity index (χ0n) is 11.9. The fourth-order valence-electron chi connectivity index (χ4n) is 3.70.